The number of carbonyl (C=O) groups is 2. The van der Waals surface area contributed by atoms with Gasteiger partial charge < -0.3 is 14.8 Å². The largest absolute Gasteiger partial charge is 0.497 e. The van der Waals surface area contributed by atoms with Crippen LogP contribution in [0.2, 0.25) is 0 Å². The van der Waals surface area contributed by atoms with Crippen LogP contribution in [-0.4, -0.2) is 25.6 Å². The second kappa shape index (κ2) is 8.33. The lowest BCUT2D eigenvalue weighted by Gasteiger charge is -2.15. The van der Waals surface area contributed by atoms with Gasteiger partial charge in [0.05, 0.1) is 18.7 Å². The van der Waals surface area contributed by atoms with E-state index in [1.54, 1.807) is 13.2 Å². The van der Waals surface area contributed by atoms with Gasteiger partial charge in [-0.3, -0.25) is 4.79 Å². The van der Waals surface area contributed by atoms with Gasteiger partial charge >= 0.3 is 5.97 Å². The molecule has 0 aliphatic rings. The van der Waals surface area contributed by atoms with Crippen molar-refractivity contribution in [1.29, 1.82) is 0 Å². The fourth-order valence-corrected chi connectivity index (χ4v) is 2.51. The fraction of sp³-hybridized carbons (Fsp3) is 0.300. The number of esters is 1. The zero-order chi connectivity index (χ0) is 18.4. The number of hydrogen-bond acceptors (Lipinski definition) is 4. The highest BCUT2D eigenvalue weighted by Crippen LogP contribution is 2.17. The fourth-order valence-electron chi connectivity index (χ4n) is 2.51. The van der Waals surface area contributed by atoms with Gasteiger partial charge in [0.1, 0.15) is 5.75 Å². The second-order valence-electron chi connectivity index (χ2n) is 5.96. The molecule has 1 atom stereocenters. The van der Waals surface area contributed by atoms with Crippen LogP contribution in [0.25, 0.3) is 0 Å². The van der Waals surface area contributed by atoms with Gasteiger partial charge in [-0.2, -0.15) is 0 Å². The Balaban J connectivity index is 1.87. The number of hydrogen-bond donors (Lipinski definition) is 1. The number of rotatable bonds is 6. The standard InChI is InChI=1S/C20H23NO4/c1-13-5-10-18(14(2)11-13)20(23)25-12-19(22)21-15(3)16-6-8-17(24-4)9-7-16/h5-11,15H,12H2,1-4H3,(H,21,22). The minimum absolute atomic E-state index is 0.196. The quantitative estimate of drug-likeness (QED) is 0.819. The number of carbonyl (C=O) groups excluding carboxylic acids is 2. The average molecular weight is 341 g/mol. The van der Waals surface area contributed by atoms with E-state index in [0.29, 0.717) is 5.56 Å². The Morgan fingerprint density at radius 3 is 2.36 bits per heavy atom. The van der Waals surface area contributed by atoms with Crippen molar-refractivity contribution in [3.05, 3.63) is 64.7 Å². The Kier molecular flexibility index (Phi) is 6.17. The van der Waals surface area contributed by atoms with E-state index in [1.165, 1.54) is 0 Å². The van der Waals surface area contributed by atoms with Crippen LogP contribution in [-0.2, 0) is 9.53 Å². The molecular weight excluding hydrogens is 318 g/mol. The Hall–Kier alpha value is -2.82. The first-order chi connectivity index (χ1) is 11.9. The van der Waals surface area contributed by atoms with E-state index in [0.717, 1.165) is 22.4 Å². The SMILES string of the molecule is COc1ccc(C(C)NC(=O)COC(=O)c2ccc(C)cc2C)cc1. The van der Waals surface area contributed by atoms with Gasteiger partial charge in [0.15, 0.2) is 6.61 Å². The molecule has 0 bridgehead atoms. The van der Waals surface area contributed by atoms with Crippen LogP contribution in [0, 0.1) is 13.8 Å². The molecule has 1 N–H and O–H groups in total. The summed E-state index contributed by atoms with van der Waals surface area (Å²) in [5.41, 5.74) is 3.31. The summed E-state index contributed by atoms with van der Waals surface area (Å²) >= 11 is 0. The van der Waals surface area contributed by atoms with Crippen LogP contribution >= 0.6 is 0 Å². The minimum Gasteiger partial charge on any atom is -0.497 e. The topological polar surface area (TPSA) is 64.6 Å². The molecule has 0 fully saturated rings. The second-order valence-corrected chi connectivity index (χ2v) is 5.96. The van der Waals surface area contributed by atoms with Gasteiger partial charge in [-0.1, -0.05) is 29.8 Å². The summed E-state index contributed by atoms with van der Waals surface area (Å²) in [6.07, 6.45) is 0. The Morgan fingerprint density at radius 2 is 1.76 bits per heavy atom. The molecule has 1 unspecified atom stereocenters. The molecule has 0 spiro atoms. The first kappa shape index (κ1) is 18.5. The van der Waals surface area contributed by atoms with Gasteiger partial charge in [0.2, 0.25) is 0 Å². The molecule has 2 aromatic carbocycles. The van der Waals surface area contributed by atoms with Crippen molar-refractivity contribution in [3.8, 4) is 5.75 Å². The molecule has 5 heteroatoms. The van der Waals surface area contributed by atoms with Crippen LogP contribution in [0.15, 0.2) is 42.5 Å². The predicted molar refractivity (Wildman–Crippen MR) is 95.8 cm³/mol. The lowest BCUT2D eigenvalue weighted by molar-refractivity contribution is -0.124. The highest BCUT2D eigenvalue weighted by molar-refractivity contribution is 5.92. The molecule has 0 radical (unpaired) electrons. The Bertz CT molecular complexity index is 753. The normalized spacial score (nSPS) is 11.5. The van der Waals surface area contributed by atoms with Crippen molar-refractivity contribution < 1.29 is 19.1 Å². The molecule has 0 aliphatic carbocycles. The molecule has 1 amide bonds. The Labute approximate surface area is 148 Å². The molecule has 2 rings (SSSR count). The summed E-state index contributed by atoms with van der Waals surface area (Å²) in [7, 11) is 1.60. The summed E-state index contributed by atoms with van der Waals surface area (Å²) in [6.45, 7) is 5.35. The molecule has 0 aromatic heterocycles. The predicted octanol–water partition coefficient (Wildman–Crippen LogP) is 3.35. The third-order valence-electron chi connectivity index (χ3n) is 3.93. The van der Waals surface area contributed by atoms with Gasteiger partial charge in [-0.15, -0.1) is 0 Å². The highest BCUT2D eigenvalue weighted by atomic mass is 16.5. The van der Waals surface area contributed by atoms with Crippen LogP contribution in [0.5, 0.6) is 5.75 Å². The number of nitrogens with one attached hydrogen (secondary N) is 1. The van der Waals surface area contributed by atoms with Crippen molar-refractivity contribution in [2.75, 3.05) is 13.7 Å². The monoisotopic (exact) mass is 341 g/mol. The first-order valence-corrected chi connectivity index (χ1v) is 8.08. The van der Waals surface area contributed by atoms with E-state index in [-0.39, 0.29) is 18.6 Å². The van der Waals surface area contributed by atoms with Gasteiger partial charge in [-0.05, 0) is 50.1 Å². The molecule has 5 nitrogen and oxygen atoms in total. The van der Waals surface area contributed by atoms with E-state index in [1.807, 2.05) is 57.2 Å². The summed E-state index contributed by atoms with van der Waals surface area (Å²) < 4.78 is 10.2. The molecule has 0 saturated heterocycles. The number of amides is 1. The zero-order valence-corrected chi connectivity index (χ0v) is 15.0. The smallest absolute Gasteiger partial charge is 0.338 e. The number of benzene rings is 2. The van der Waals surface area contributed by atoms with Crippen LogP contribution < -0.4 is 10.1 Å². The number of methoxy groups -OCH3 is 1. The zero-order valence-electron chi connectivity index (χ0n) is 15.0. The minimum atomic E-state index is -0.496. The molecule has 2 aromatic rings. The molecule has 25 heavy (non-hydrogen) atoms. The van der Waals surface area contributed by atoms with E-state index in [4.69, 9.17) is 9.47 Å². The summed E-state index contributed by atoms with van der Waals surface area (Å²) in [5.74, 6) is -0.0872. The van der Waals surface area contributed by atoms with Gasteiger partial charge in [-0.25, -0.2) is 4.79 Å². The number of ether oxygens (including phenoxy) is 2. The third kappa shape index (κ3) is 5.08. The van der Waals surface area contributed by atoms with Crippen molar-refractivity contribution in [2.45, 2.75) is 26.8 Å². The highest BCUT2D eigenvalue weighted by Gasteiger charge is 2.14. The van der Waals surface area contributed by atoms with Crippen molar-refractivity contribution in [1.82, 2.24) is 5.32 Å². The Morgan fingerprint density at radius 1 is 1.08 bits per heavy atom. The van der Waals surface area contributed by atoms with Crippen LogP contribution in [0.4, 0.5) is 0 Å². The number of aryl methyl sites for hydroxylation is 2. The molecule has 0 aliphatic heterocycles. The van der Waals surface area contributed by atoms with Crippen molar-refractivity contribution in [3.63, 3.8) is 0 Å². The van der Waals surface area contributed by atoms with Gasteiger partial charge in [0.25, 0.3) is 5.91 Å². The van der Waals surface area contributed by atoms with Crippen LogP contribution in [0.3, 0.4) is 0 Å². The van der Waals surface area contributed by atoms with E-state index >= 15 is 0 Å². The summed E-state index contributed by atoms with van der Waals surface area (Å²) in [4.78, 5) is 24.1. The summed E-state index contributed by atoms with van der Waals surface area (Å²) in [6, 6.07) is 12.7. The molecule has 0 heterocycles. The third-order valence-corrected chi connectivity index (χ3v) is 3.93. The molecular formula is C20H23NO4. The first-order valence-electron chi connectivity index (χ1n) is 8.08. The lowest BCUT2D eigenvalue weighted by Crippen LogP contribution is -2.31. The van der Waals surface area contributed by atoms with Crippen molar-refractivity contribution in [2.24, 2.45) is 0 Å². The average Bonchev–Trinajstić information content (AvgIpc) is 2.59. The van der Waals surface area contributed by atoms with Gasteiger partial charge in [0, 0.05) is 0 Å². The van der Waals surface area contributed by atoms with E-state index in [9.17, 15) is 9.59 Å². The van der Waals surface area contributed by atoms with Crippen molar-refractivity contribution >= 4 is 11.9 Å². The van der Waals surface area contributed by atoms with E-state index < -0.39 is 5.97 Å². The maximum atomic E-state index is 12.1. The van der Waals surface area contributed by atoms with E-state index in [2.05, 4.69) is 5.32 Å². The maximum Gasteiger partial charge on any atom is 0.338 e. The lowest BCUT2D eigenvalue weighted by atomic mass is 10.1. The molecule has 0 saturated carbocycles. The van der Waals surface area contributed by atoms with Crippen LogP contribution in [0.1, 0.15) is 40.0 Å². The maximum absolute atomic E-state index is 12.1. The summed E-state index contributed by atoms with van der Waals surface area (Å²) in [5, 5.41) is 2.81. The molecule has 132 valence electrons.